The lowest BCUT2D eigenvalue weighted by Gasteiger charge is -2.21. The number of aryl methyl sites for hydroxylation is 1. The van der Waals surface area contributed by atoms with Crippen molar-refractivity contribution in [3.05, 3.63) is 76.8 Å². The maximum absolute atomic E-state index is 12.4. The predicted molar refractivity (Wildman–Crippen MR) is 117 cm³/mol. The van der Waals surface area contributed by atoms with Gasteiger partial charge in [0.1, 0.15) is 0 Å². The minimum absolute atomic E-state index is 0.0153. The Kier molecular flexibility index (Phi) is 6.95. The highest BCUT2D eigenvalue weighted by Gasteiger charge is 2.20. The number of hydrogen-bond donors (Lipinski definition) is 0. The minimum Gasteiger partial charge on any atom is -0.294 e. The Morgan fingerprint density at radius 3 is 2.39 bits per heavy atom. The van der Waals surface area contributed by atoms with Gasteiger partial charge in [0.05, 0.1) is 11.4 Å². The molecule has 0 atom stereocenters. The van der Waals surface area contributed by atoms with Gasteiger partial charge in [-0.1, -0.05) is 62.4 Å². The zero-order chi connectivity index (χ0) is 19.9. The average Bonchev–Trinajstić information content (AvgIpc) is 3.16. The molecule has 3 rings (SSSR count). The molecule has 0 aliphatic heterocycles. The summed E-state index contributed by atoms with van der Waals surface area (Å²) in [6.45, 7) is 8.46. The first-order valence-electron chi connectivity index (χ1n) is 9.71. The first kappa shape index (κ1) is 20.2. The topological polar surface area (TPSA) is 36.4 Å². The third kappa shape index (κ3) is 4.86. The van der Waals surface area contributed by atoms with Crippen molar-refractivity contribution in [2.45, 2.75) is 40.3 Å². The second-order valence-electron chi connectivity index (χ2n) is 6.75. The van der Waals surface area contributed by atoms with Gasteiger partial charge in [-0.05, 0) is 30.2 Å². The van der Waals surface area contributed by atoms with Gasteiger partial charge < -0.3 is 0 Å². The van der Waals surface area contributed by atoms with Crippen LogP contribution >= 0.6 is 11.3 Å². The molecular formula is C23H27N3OS. The molecule has 1 aromatic heterocycles. The lowest BCUT2D eigenvalue weighted by Crippen LogP contribution is -2.24. The second-order valence-corrected chi connectivity index (χ2v) is 7.58. The summed E-state index contributed by atoms with van der Waals surface area (Å²) >= 11 is 1.53. The van der Waals surface area contributed by atoms with E-state index in [1.807, 2.05) is 24.3 Å². The standard InChI is InChI=1S/C23H27N3OS/c1-4-20-13-9-10-14-22(20)26(18(3)27)23-24-21(17-28-23)16-25(5-2)15-19-11-7-6-8-12-19/h6-14,17H,4-5,15-16H2,1-3H3. The zero-order valence-electron chi connectivity index (χ0n) is 16.8. The van der Waals surface area contributed by atoms with Crippen LogP contribution in [0.1, 0.15) is 37.6 Å². The van der Waals surface area contributed by atoms with Crippen molar-refractivity contribution < 1.29 is 4.79 Å². The van der Waals surface area contributed by atoms with E-state index < -0.39 is 0 Å². The number of aromatic nitrogens is 1. The third-order valence-electron chi connectivity index (χ3n) is 4.74. The number of hydrogen-bond acceptors (Lipinski definition) is 4. The number of carbonyl (C=O) groups is 1. The Morgan fingerprint density at radius 1 is 1.00 bits per heavy atom. The highest BCUT2D eigenvalue weighted by Crippen LogP contribution is 2.32. The second kappa shape index (κ2) is 9.62. The molecule has 0 spiro atoms. The van der Waals surface area contributed by atoms with Gasteiger partial charge in [-0.2, -0.15) is 0 Å². The van der Waals surface area contributed by atoms with Crippen molar-refractivity contribution in [2.24, 2.45) is 0 Å². The van der Waals surface area contributed by atoms with E-state index in [0.717, 1.165) is 48.1 Å². The summed E-state index contributed by atoms with van der Waals surface area (Å²) in [6, 6.07) is 18.5. The Hall–Kier alpha value is -2.50. The SMILES string of the molecule is CCc1ccccc1N(C(C)=O)c1nc(CN(CC)Cc2ccccc2)cs1. The molecule has 0 N–H and O–H groups in total. The first-order chi connectivity index (χ1) is 13.6. The molecule has 0 unspecified atom stereocenters. The van der Waals surface area contributed by atoms with Crippen LogP contribution in [0.25, 0.3) is 0 Å². The van der Waals surface area contributed by atoms with Gasteiger partial charge in [0.15, 0.2) is 5.13 Å². The van der Waals surface area contributed by atoms with Gasteiger partial charge >= 0.3 is 0 Å². The van der Waals surface area contributed by atoms with Crippen molar-refractivity contribution in [2.75, 3.05) is 11.4 Å². The van der Waals surface area contributed by atoms with E-state index in [1.54, 1.807) is 11.8 Å². The Labute approximate surface area is 171 Å². The fourth-order valence-corrected chi connectivity index (χ4v) is 4.13. The predicted octanol–water partition coefficient (Wildman–Crippen LogP) is 5.41. The molecule has 4 nitrogen and oxygen atoms in total. The van der Waals surface area contributed by atoms with E-state index in [0.29, 0.717) is 0 Å². The highest BCUT2D eigenvalue weighted by atomic mass is 32.1. The van der Waals surface area contributed by atoms with Crippen LogP contribution in [0.2, 0.25) is 0 Å². The lowest BCUT2D eigenvalue weighted by atomic mass is 10.1. The van der Waals surface area contributed by atoms with Gasteiger partial charge in [0, 0.05) is 25.4 Å². The number of amides is 1. The first-order valence-corrected chi connectivity index (χ1v) is 10.6. The molecule has 1 heterocycles. The van der Waals surface area contributed by atoms with Crippen molar-refractivity contribution >= 4 is 28.1 Å². The molecule has 1 amide bonds. The van der Waals surface area contributed by atoms with Crippen molar-refractivity contribution in [3.63, 3.8) is 0 Å². The van der Waals surface area contributed by atoms with Crippen LogP contribution in [0.4, 0.5) is 10.8 Å². The number of carbonyl (C=O) groups excluding carboxylic acids is 1. The van der Waals surface area contributed by atoms with E-state index in [9.17, 15) is 4.79 Å². The minimum atomic E-state index is -0.0153. The van der Waals surface area contributed by atoms with E-state index >= 15 is 0 Å². The molecule has 0 radical (unpaired) electrons. The summed E-state index contributed by atoms with van der Waals surface area (Å²) in [5.74, 6) is -0.0153. The van der Waals surface area contributed by atoms with E-state index in [-0.39, 0.29) is 5.91 Å². The Bertz CT molecular complexity index is 907. The van der Waals surface area contributed by atoms with Crippen LogP contribution < -0.4 is 4.90 Å². The van der Waals surface area contributed by atoms with Gasteiger partial charge in [0.25, 0.3) is 0 Å². The largest absolute Gasteiger partial charge is 0.294 e. The number of thiazole rings is 1. The Balaban J connectivity index is 1.80. The quantitative estimate of drug-likeness (QED) is 0.513. The molecule has 0 saturated carbocycles. The molecule has 146 valence electrons. The summed E-state index contributed by atoms with van der Waals surface area (Å²) in [4.78, 5) is 21.3. The van der Waals surface area contributed by atoms with Crippen molar-refractivity contribution in [1.29, 1.82) is 0 Å². The number of nitrogens with zero attached hydrogens (tertiary/aromatic N) is 3. The number of anilines is 2. The van der Waals surface area contributed by atoms with E-state index in [1.165, 1.54) is 16.9 Å². The van der Waals surface area contributed by atoms with Crippen molar-refractivity contribution in [3.8, 4) is 0 Å². The zero-order valence-corrected chi connectivity index (χ0v) is 17.6. The molecule has 3 aromatic rings. The summed E-state index contributed by atoms with van der Waals surface area (Å²) in [5.41, 5.74) is 4.36. The monoisotopic (exact) mass is 393 g/mol. The molecule has 2 aromatic carbocycles. The smallest absolute Gasteiger partial charge is 0.230 e. The van der Waals surface area contributed by atoms with Gasteiger partial charge in [-0.3, -0.25) is 14.6 Å². The maximum atomic E-state index is 12.4. The highest BCUT2D eigenvalue weighted by molar-refractivity contribution is 7.14. The summed E-state index contributed by atoms with van der Waals surface area (Å²) in [5, 5.41) is 2.80. The van der Waals surface area contributed by atoms with E-state index in [2.05, 4.69) is 54.5 Å². The van der Waals surface area contributed by atoms with E-state index in [4.69, 9.17) is 4.98 Å². The molecular weight excluding hydrogens is 366 g/mol. The maximum Gasteiger partial charge on any atom is 0.230 e. The van der Waals surface area contributed by atoms with Crippen molar-refractivity contribution in [1.82, 2.24) is 9.88 Å². The molecule has 28 heavy (non-hydrogen) atoms. The molecule has 0 bridgehead atoms. The molecule has 0 aliphatic carbocycles. The van der Waals surface area contributed by atoms with Gasteiger partial charge in [-0.25, -0.2) is 4.98 Å². The van der Waals surface area contributed by atoms with Crippen LogP contribution in [0.15, 0.2) is 60.0 Å². The third-order valence-corrected chi connectivity index (χ3v) is 5.62. The van der Waals surface area contributed by atoms with Crippen LogP contribution in [0, 0.1) is 0 Å². The average molecular weight is 394 g/mol. The summed E-state index contributed by atoms with van der Waals surface area (Å²) in [6.07, 6.45) is 0.874. The van der Waals surface area contributed by atoms with Gasteiger partial charge in [-0.15, -0.1) is 11.3 Å². The van der Waals surface area contributed by atoms with Crippen LogP contribution in [-0.4, -0.2) is 22.3 Å². The van der Waals surface area contributed by atoms with Crippen LogP contribution in [-0.2, 0) is 24.3 Å². The normalized spacial score (nSPS) is 11.0. The Morgan fingerprint density at radius 2 is 1.71 bits per heavy atom. The molecule has 5 heteroatoms. The fraction of sp³-hybridized carbons (Fsp3) is 0.304. The molecule has 0 fully saturated rings. The molecule has 0 saturated heterocycles. The van der Waals surface area contributed by atoms with Crippen LogP contribution in [0.3, 0.4) is 0 Å². The number of para-hydroxylation sites is 1. The number of benzene rings is 2. The lowest BCUT2D eigenvalue weighted by molar-refractivity contribution is -0.115. The fourth-order valence-electron chi connectivity index (χ4n) is 3.26. The summed E-state index contributed by atoms with van der Waals surface area (Å²) < 4.78 is 0. The molecule has 0 aliphatic rings. The van der Waals surface area contributed by atoms with Crippen LogP contribution in [0.5, 0.6) is 0 Å². The number of rotatable bonds is 8. The van der Waals surface area contributed by atoms with Gasteiger partial charge in [0.2, 0.25) is 5.91 Å². The summed E-state index contributed by atoms with van der Waals surface area (Å²) in [7, 11) is 0.